The average molecular weight is 285 g/mol. The summed E-state index contributed by atoms with van der Waals surface area (Å²) in [6.07, 6.45) is 4.95. The zero-order chi connectivity index (χ0) is 14.4. The third-order valence-electron chi connectivity index (χ3n) is 4.37. The fourth-order valence-corrected chi connectivity index (χ4v) is 2.85. The normalized spacial score (nSPS) is 23.4. The topological polar surface area (TPSA) is 67.8 Å². The second kappa shape index (κ2) is 7.38. The van der Waals surface area contributed by atoms with E-state index in [1.165, 1.54) is 0 Å². The largest absolute Gasteiger partial charge is 0.480 e. The van der Waals surface area contributed by atoms with E-state index in [4.69, 9.17) is 9.47 Å². The van der Waals surface area contributed by atoms with Gasteiger partial charge in [0.05, 0.1) is 6.61 Å². The Morgan fingerprint density at radius 2 is 2.05 bits per heavy atom. The highest BCUT2D eigenvalue weighted by Crippen LogP contribution is 2.40. The summed E-state index contributed by atoms with van der Waals surface area (Å²) in [6.45, 7) is 5.31. The summed E-state index contributed by atoms with van der Waals surface area (Å²) < 4.78 is 11.1. The minimum Gasteiger partial charge on any atom is -0.480 e. The zero-order valence-corrected chi connectivity index (χ0v) is 12.4. The Morgan fingerprint density at radius 1 is 1.35 bits per heavy atom. The van der Waals surface area contributed by atoms with Crippen molar-refractivity contribution in [3.63, 3.8) is 0 Å². The molecule has 5 heteroatoms. The van der Waals surface area contributed by atoms with Crippen molar-refractivity contribution < 1.29 is 19.4 Å². The molecule has 1 saturated heterocycles. The molecule has 116 valence electrons. The molecule has 1 aliphatic heterocycles. The van der Waals surface area contributed by atoms with Crippen molar-refractivity contribution in [1.29, 1.82) is 0 Å². The molecule has 1 atom stereocenters. The zero-order valence-electron chi connectivity index (χ0n) is 12.4. The number of hydrogen-bond acceptors (Lipinski definition) is 4. The molecule has 0 spiro atoms. The lowest BCUT2D eigenvalue weighted by Crippen LogP contribution is -2.58. The van der Waals surface area contributed by atoms with Crippen molar-refractivity contribution in [2.24, 2.45) is 11.8 Å². The number of carboxylic acid groups (broad SMARTS) is 1. The fraction of sp³-hybridized carbons (Fsp3) is 0.933. The van der Waals surface area contributed by atoms with Gasteiger partial charge in [0, 0.05) is 19.8 Å². The molecule has 5 nitrogen and oxygen atoms in total. The maximum absolute atomic E-state index is 11.7. The third-order valence-corrected chi connectivity index (χ3v) is 4.37. The predicted molar refractivity (Wildman–Crippen MR) is 75.7 cm³/mol. The van der Waals surface area contributed by atoms with E-state index in [-0.39, 0.29) is 12.5 Å². The second-order valence-electron chi connectivity index (χ2n) is 6.05. The van der Waals surface area contributed by atoms with E-state index in [2.05, 4.69) is 12.2 Å². The van der Waals surface area contributed by atoms with Crippen LogP contribution < -0.4 is 5.32 Å². The first-order valence-corrected chi connectivity index (χ1v) is 7.83. The molecule has 20 heavy (non-hydrogen) atoms. The highest BCUT2D eigenvalue weighted by atomic mass is 16.5. The molecule has 0 amide bonds. The smallest absolute Gasteiger partial charge is 0.326 e. The molecular formula is C15H27NO4. The van der Waals surface area contributed by atoms with Crippen LogP contribution in [0.2, 0.25) is 0 Å². The number of hydrogen-bond donors (Lipinski definition) is 2. The van der Waals surface area contributed by atoms with Gasteiger partial charge >= 0.3 is 5.97 Å². The van der Waals surface area contributed by atoms with Gasteiger partial charge in [0.2, 0.25) is 0 Å². The summed E-state index contributed by atoms with van der Waals surface area (Å²) in [5.74, 6) is -0.0257. The highest BCUT2D eigenvalue weighted by Gasteiger charge is 2.51. The Kier molecular flexibility index (Phi) is 5.81. The van der Waals surface area contributed by atoms with Crippen LogP contribution in [0.25, 0.3) is 0 Å². The van der Waals surface area contributed by atoms with Gasteiger partial charge in [-0.25, -0.2) is 0 Å². The molecular weight excluding hydrogens is 258 g/mol. The van der Waals surface area contributed by atoms with Crippen LogP contribution in [0.15, 0.2) is 0 Å². The number of rotatable bonds is 9. The highest BCUT2D eigenvalue weighted by molar-refractivity contribution is 5.80. The molecule has 0 radical (unpaired) electrons. The SMILES string of the molecule is CCCNC(COCC1CCOCC1)(C(=O)O)C1CC1. The van der Waals surface area contributed by atoms with Crippen LogP contribution in [0.4, 0.5) is 0 Å². The van der Waals surface area contributed by atoms with Gasteiger partial charge < -0.3 is 14.6 Å². The van der Waals surface area contributed by atoms with Crippen molar-refractivity contribution >= 4 is 5.97 Å². The minimum absolute atomic E-state index is 0.223. The number of ether oxygens (including phenoxy) is 2. The molecule has 0 aromatic rings. The number of carbonyl (C=O) groups is 1. The lowest BCUT2D eigenvalue weighted by molar-refractivity contribution is -0.149. The fourth-order valence-electron chi connectivity index (χ4n) is 2.85. The Labute approximate surface area is 121 Å². The molecule has 1 aliphatic carbocycles. The van der Waals surface area contributed by atoms with Crippen molar-refractivity contribution in [1.82, 2.24) is 5.32 Å². The number of carboxylic acids is 1. The molecule has 0 aromatic carbocycles. The molecule has 1 unspecified atom stereocenters. The van der Waals surface area contributed by atoms with Crippen LogP contribution in [-0.4, -0.2) is 49.6 Å². The van der Waals surface area contributed by atoms with Crippen LogP contribution in [0.5, 0.6) is 0 Å². The van der Waals surface area contributed by atoms with Crippen LogP contribution in [-0.2, 0) is 14.3 Å². The van der Waals surface area contributed by atoms with Crippen molar-refractivity contribution in [3.05, 3.63) is 0 Å². The van der Waals surface area contributed by atoms with Gasteiger partial charge in [0.1, 0.15) is 5.54 Å². The lowest BCUT2D eigenvalue weighted by atomic mass is 9.93. The van der Waals surface area contributed by atoms with E-state index >= 15 is 0 Å². The van der Waals surface area contributed by atoms with Gasteiger partial charge in [-0.2, -0.15) is 0 Å². The Morgan fingerprint density at radius 3 is 2.60 bits per heavy atom. The summed E-state index contributed by atoms with van der Waals surface area (Å²) >= 11 is 0. The Bertz CT molecular complexity index is 313. The van der Waals surface area contributed by atoms with Gasteiger partial charge in [-0.05, 0) is 50.5 Å². The van der Waals surface area contributed by atoms with Crippen LogP contribution in [0.3, 0.4) is 0 Å². The van der Waals surface area contributed by atoms with E-state index in [0.717, 1.165) is 51.9 Å². The summed E-state index contributed by atoms with van der Waals surface area (Å²) in [5, 5.41) is 12.9. The standard InChI is InChI=1S/C15H27NO4/c1-2-7-16-15(14(17)18,13-3-4-13)11-20-10-12-5-8-19-9-6-12/h12-13,16H,2-11H2,1H3,(H,17,18). The van der Waals surface area contributed by atoms with Crippen LogP contribution in [0.1, 0.15) is 39.0 Å². The Hall–Kier alpha value is -0.650. The lowest BCUT2D eigenvalue weighted by Gasteiger charge is -2.31. The molecule has 0 aromatic heterocycles. The first-order chi connectivity index (χ1) is 9.69. The minimum atomic E-state index is -0.874. The third kappa shape index (κ3) is 3.93. The van der Waals surface area contributed by atoms with Crippen molar-refractivity contribution in [3.8, 4) is 0 Å². The van der Waals surface area contributed by atoms with Crippen LogP contribution in [0, 0.1) is 11.8 Å². The van der Waals surface area contributed by atoms with Gasteiger partial charge in [-0.1, -0.05) is 6.92 Å². The van der Waals surface area contributed by atoms with Crippen molar-refractivity contribution in [2.75, 3.05) is 33.0 Å². The average Bonchev–Trinajstić information content (AvgIpc) is 3.28. The van der Waals surface area contributed by atoms with Gasteiger partial charge in [-0.15, -0.1) is 0 Å². The monoisotopic (exact) mass is 285 g/mol. The maximum Gasteiger partial charge on any atom is 0.326 e. The maximum atomic E-state index is 11.7. The van der Waals surface area contributed by atoms with Gasteiger partial charge in [0.15, 0.2) is 0 Å². The Balaban J connectivity index is 1.84. The van der Waals surface area contributed by atoms with E-state index in [1.54, 1.807) is 0 Å². The van der Waals surface area contributed by atoms with E-state index in [9.17, 15) is 9.90 Å². The van der Waals surface area contributed by atoms with E-state index < -0.39 is 11.5 Å². The number of nitrogens with one attached hydrogen (secondary N) is 1. The quantitative estimate of drug-likeness (QED) is 0.674. The molecule has 2 aliphatic rings. The van der Waals surface area contributed by atoms with Crippen LogP contribution >= 0.6 is 0 Å². The molecule has 2 fully saturated rings. The molecule has 2 N–H and O–H groups in total. The summed E-state index contributed by atoms with van der Waals surface area (Å²) in [4.78, 5) is 11.7. The van der Waals surface area contributed by atoms with Gasteiger partial charge in [0.25, 0.3) is 0 Å². The first-order valence-electron chi connectivity index (χ1n) is 7.83. The number of aliphatic carboxylic acids is 1. The first kappa shape index (κ1) is 15.7. The summed E-state index contributed by atoms with van der Waals surface area (Å²) in [7, 11) is 0. The summed E-state index contributed by atoms with van der Waals surface area (Å²) in [6, 6.07) is 0. The second-order valence-corrected chi connectivity index (χ2v) is 6.05. The molecule has 2 rings (SSSR count). The van der Waals surface area contributed by atoms with Gasteiger partial charge in [-0.3, -0.25) is 10.1 Å². The molecule has 1 heterocycles. The predicted octanol–water partition coefficient (Wildman–Crippen LogP) is 1.66. The molecule has 0 bridgehead atoms. The van der Waals surface area contributed by atoms with E-state index in [0.29, 0.717) is 12.5 Å². The molecule has 1 saturated carbocycles. The summed E-state index contributed by atoms with van der Waals surface area (Å²) in [5.41, 5.74) is -0.874. The van der Waals surface area contributed by atoms with E-state index in [1.807, 2.05) is 0 Å². The van der Waals surface area contributed by atoms with Crippen molar-refractivity contribution in [2.45, 2.75) is 44.6 Å².